The number of hydrogen-bond acceptors (Lipinski definition) is 5. The third kappa shape index (κ3) is 4.86. The van der Waals surface area contributed by atoms with Crippen molar-refractivity contribution in [3.05, 3.63) is 47.7 Å². The Hall–Kier alpha value is -2.31. The molecule has 0 spiro atoms. The third-order valence-electron chi connectivity index (χ3n) is 4.77. The average molecular weight is 354 g/mol. The number of benzene rings is 1. The van der Waals surface area contributed by atoms with Crippen LogP contribution in [0.2, 0.25) is 0 Å². The third-order valence-corrected chi connectivity index (χ3v) is 4.77. The fourth-order valence-corrected chi connectivity index (χ4v) is 3.19. The average Bonchev–Trinajstić information content (AvgIpc) is 3.13. The van der Waals surface area contributed by atoms with Gasteiger partial charge >= 0.3 is 0 Å². The molecule has 0 bridgehead atoms. The summed E-state index contributed by atoms with van der Waals surface area (Å²) in [5.41, 5.74) is 3.32. The number of nitrogens with one attached hydrogen (secondary N) is 1. The molecule has 1 unspecified atom stereocenters. The van der Waals surface area contributed by atoms with Crippen LogP contribution in [0.4, 0.5) is 0 Å². The number of carbonyl (C=O) groups is 1. The van der Waals surface area contributed by atoms with E-state index >= 15 is 0 Å². The van der Waals surface area contributed by atoms with Crippen molar-refractivity contribution in [3.8, 4) is 11.3 Å². The van der Waals surface area contributed by atoms with E-state index < -0.39 is 0 Å². The van der Waals surface area contributed by atoms with Crippen LogP contribution in [0.15, 0.2) is 36.4 Å². The van der Waals surface area contributed by atoms with Gasteiger partial charge in [-0.05, 0) is 50.1 Å². The maximum absolute atomic E-state index is 12.4. The maximum atomic E-state index is 12.4. The van der Waals surface area contributed by atoms with E-state index in [1.807, 2.05) is 43.3 Å². The molecule has 1 fully saturated rings. The van der Waals surface area contributed by atoms with Gasteiger partial charge in [0.05, 0.1) is 18.0 Å². The normalized spacial score (nSPS) is 17.4. The van der Waals surface area contributed by atoms with Gasteiger partial charge in [-0.3, -0.25) is 4.79 Å². The van der Waals surface area contributed by atoms with Crippen molar-refractivity contribution in [1.82, 2.24) is 20.4 Å². The van der Waals surface area contributed by atoms with Crippen LogP contribution in [0.1, 0.15) is 22.5 Å². The van der Waals surface area contributed by atoms with E-state index in [1.165, 1.54) is 0 Å². The van der Waals surface area contributed by atoms with Gasteiger partial charge in [-0.1, -0.05) is 12.1 Å². The molecule has 1 N–H and O–H groups in total. The van der Waals surface area contributed by atoms with Crippen molar-refractivity contribution in [2.24, 2.45) is 5.92 Å². The number of likely N-dealkylation sites (tertiary alicyclic amines) is 1. The lowest BCUT2D eigenvalue weighted by molar-refractivity contribution is 0.0946. The zero-order valence-electron chi connectivity index (χ0n) is 15.4. The summed E-state index contributed by atoms with van der Waals surface area (Å²) in [4.78, 5) is 14.8. The van der Waals surface area contributed by atoms with Crippen molar-refractivity contribution in [2.75, 3.05) is 39.9 Å². The number of rotatable bonds is 7. The number of aryl methyl sites for hydroxylation is 1. The standard InChI is InChI=1S/C20H26N4O2/c1-15-3-8-19(23-22-15)17-4-6-18(7-5-17)20(25)21-13-16-9-10-24(14-16)11-12-26-2/h3-8,16H,9-14H2,1-2H3,(H,21,25). The van der Waals surface area contributed by atoms with Crippen LogP contribution in [-0.2, 0) is 4.74 Å². The summed E-state index contributed by atoms with van der Waals surface area (Å²) in [5, 5.41) is 11.3. The number of aromatic nitrogens is 2. The van der Waals surface area contributed by atoms with Crippen LogP contribution in [0, 0.1) is 12.8 Å². The molecule has 26 heavy (non-hydrogen) atoms. The van der Waals surface area contributed by atoms with Gasteiger partial charge in [-0.25, -0.2) is 0 Å². The highest BCUT2D eigenvalue weighted by Gasteiger charge is 2.22. The van der Waals surface area contributed by atoms with E-state index in [0.29, 0.717) is 18.0 Å². The van der Waals surface area contributed by atoms with Gasteiger partial charge in [0, 0.05) is 37.9 Å². The highest BCUT2D eigenvalue weighted by atomic mass is 16.5. The Morgan fingerprint density at radius 3 is 2.73 bits per heavy atom. The van der Waals surface area contributed by atoms with E-state index in [4.69, 9.17) is 4.74 Å². The first-order chi connectivity index (χ1) is 12.7. The quantitative estimate of drug-likeness (QED) is 0.825. The Morgan fingerprint density at radius 2 is 2.04 bits per heavy atom. The van der Waals surface area contributed by atoms with E-state index in [2.05, 4.69) is 20.4 Å². The van der Waals surface area contributed by atoms with Gasteiger partial charge in [0.2, 0.25) is 0 Å². The summed E-state index contributed by atoms with van der Waals surface area (Å²) in [6.45, 7) is 6.45. The molecule has 3 rings (SSSR count). The fourth-order valence-electron chi connectivity index (χ4n) is 3.19. The topological polar surface area (TPSA) is 67.3 Å². The van der Waals surface area contributed by atoms with E-state index in [-0.39, 0.29) is 5.91 Å². The minimum absolute atomic E-state index is 0.0260. The second-order valence-corrected chi connectivity index (χ2v) is 6.80. The van der Waals surface area contributed by atoms with Crippen LogP contribution >= 0.6 is 0 Å². The van der Waals surface area contributed by atoms with E-state index in [1.54, 1.807) is 7.11 Å². The van der Waals surface area contributed by atoms with Gasteiger partial charge in [0.15, 0.2) is 0 Å². The number of methoxy groups -OCH3 is 1. The fraction of sp³-hybridized carbons (Fsp3) is 0.450. The summed E-state index contributed by atoms with van der Waals surface area (Å²) in [6.07, 6.45) is 1.12. The Balaban J connectivity index is 1.50. The summed E-state index contributed by atoms with van der Waals surface area (Å²) in [7, 11) is 1.73. The lowest BCUT2D eigenvalue weighted by Crippen LogP contribution is -2.31. The van der Waals surface area contributed by atoms with Crippen LogP contribution in [0.25, 0.3) is 11.3 Å². The van der Waals surface area contributed by atoms with Crippen molar-refractivity contribution >= 4 is 5.91 Å². The lowest BCUT2D eigenvalue weighted by Gasteiger charge is -2.15. The molecule has 138 valence electrons. The number of carbonyl (C=O) groups excluding carboxylic acids is 1. The SMILES string of the molecule is COCCN1CCC(CNC(=O)c2ccc(-c3ccc(C)nn3)cc2)C1. The molecule has 0 saturated carbocycles. The molecular formula is C20H26N4O2. The Labute approximate surface area is 154 Å². The highest BCUT2D eigenvalue weighted by Crippen LogP contribution is 2.18. The highest BCUT2D eigenvalue weighted by molar-refractivity contribution is 5.94. The Bertz CT molecular complexity index is 716. The zero-order chi connectivity index (χ0) is 18.4. The number of ether oxygens (including phenoxy) is 1. The first-order valence-corrected chi connectivity index (χ1v) is 9.06. The predicted octanol–water partition coefficient (Wildman–Crippen LogP) is 2.15. The van der Waals surface area contributed by atoms with Crippen LogP contribution < -0.4 is 5.32 Å². The van der Waals surface area contributed by atoms with Crippen molar-refractivity contribution in [3.63, 3.8) is 0 Å². The molecule has 2 aromatic rings. The monoisotopic (exact) mass is 354 g/mol. The predicted molar refractivity (Wildman–Crippen MR) is 101 cm³/mol. The van der Waals surface area contributed by atoms with E-state index in [9.17, 15) is 4.79 Å². The van der Waals surface area contributed by atoms with Crippen LogP contribution in [0.5, 0.6) is 0 Å². The second-order valence-electron chi connectivity index (χ2n) is 6.80. The van der Waals surface area contributed by atoms with Gasteiger partial charge < -0.3 is 15.0 Å². The molecule has 1 amide bonds. The maximum Gasteiger partial charge on any atom is 0.251 e. The summed E-state index contributed by atoms with van der Waals surface area (Å²) < 4.78 is 5.12. The van der Waals surface area contributed by atoms with Crippen molar-refractivity contribution in [1.29, 1.82) is 0 Å². The van der Waals surface area contributed by atoms with Crippen molar-refractivity contribution in [2.45, 2.75) is 13.3 Å². The minimum Gasteiger partial charge on any atom is -0.383 e. The van der Waals surface area contributed by atoms with Gasteiger partial charge in [-0.15, -0.1) is 0 Å². The Kier molecular flexibility index (Phi) is 6.30. The molecule has 2 heterocycles. The minimum atomic E-state index is -0.0260. The van der Waals surface area contributed by atoms with Gasteiger partial charge in [0.1, 0.15) is 0 Å². The van der Waals surface area contributed by atoms with Crippen molar-refractivity contribution < 1.29 is 9.53 Å². The molecule has 0 aliphatic carbocycles. The number of nitrogens with zero attached hydrogens (tertiary/aromatic N) is 3. The molecule has 1 aromatic carbocycles. The molecular weight excluding hydrogens is 328 g/mol. The van der Waals surface area contributed by atoms with Crippen LogP contribution in [0.3, 0.4) is 0 Å². The molecule has 6 heteroatoms. The molecule has 1 aliphatic heterocycles. The summed E-state index contributed by atoms with van der Waals surface area (Å²) in [5.74, 6) is 0.486. The summed E-state index contributed by atoms with van der Waals surface area (Å²) in [6, 6.07) is 11.4. The molecule has 1 saturated heterocycles. The zero-order valence-corrected chi connectivity index (χ0v) is 15.4. The number of amides is 1. The number of hydrogen-bond donors (Lipinski definition) is 1. The molecule has 0 radical (unpaired) electrons. The molecule has 1 aromatic heterocycles. The summed E-state index contributed by atoms with van der Waals surface area (Å²) >= 11 is 0. The van der Waals surface area contributed by atoms with Gasteiger partial charge in [-0.2, -0.15) is 10.2 Å². The lowest BCUT2D eigenvalue weighted by atomic mass is 10.1. The molecule has 1 aliphatic rings. The smallest absolute Gasteiger partial charge is 0.251 e. The van der Waals surface area contributed by atoms with Crippen LogP contribution in [-0.4, -0.2) is 60.9 Å². The Morgan fingerprint density at radius 1 is 1.23 bits per heavy atom. The first kappa shape index (κ1) is 18.5. The molecule has 1 atom stereocenters. The first-order valence-electron chi connectivity index (χ1n) is 9.06. The van der Waals surface area contributed by atoms with E-state index in [0.717, 1.165) is 49.6 Å². The largest absolute Gasteiger partial charge is 0.383 e. The second kappa shape index (κ2) is 8.87. The van der Waals surface area contributed by atoms with Gasteiger partial charge in [0.25, 0.3) is 5.91 Å². The molecule has 6 nitrogen and oxygen atoms in total.